The van der Waals surface area contributed by atoms with Crippen LogP contribution >= 0.6 is 0 Å². The van der Waals surface area contributed by atoms with E-state index in [2.05, 4.69) is 81.4 Å². The summed E-state index contributed by atoms with van der Waals surface area (Å²) in [7, 11) is 0. The maximum atomic E-state index is 11.1. The van der Waals surface area contributed by atoms with E-state index >= 15 is 0 Å². The van der Waals surface area contributed by atoms with Crippen molar-refractivity contribution in [2.45, 2.75) is 59.3 Å². The van der Waals surface area contributed by atoms with Gasteiger partial charge in [-0.1, -0.05) is 95.6 Å². The van der Waals surface area contributed by atoms with Gasteiger partial charge in [-0.25, -0.2) is 0 Å². The van der Waals surface area contributed by atoms with Crippen LogP contribution in [-0.4, -0.2) is 19.8 Å². The Bertz CT molecular complexity index is 2230. The van der Waals surface area contributed by atoms with Crippen LogP contribution < -0.4 is 4.98 Å². The van der Waals surface area contributed by atoms with Gasteiger partial charge < -0.3 is 24.7 Å². The summed E-state index contributed by atoms with van der Waals surface area (Å²) in [6.07, 6.45) is 1.71. The van der Waals surface area contributed by atoms with Gasteiger partial charge in [0.15, 0.2) is 0 Å². The molecule has 7 aromatic rings. The minimum Gasteiger partial charge on any atom is -0.515 e. The number of aromatic nitrogens is 3. The Morgan fingerprint density at radius 3 is 2.08 bits per heavy atom. The Labute approximate surface area is 297 Å². The topological polar surface area (TPSA) is 72.4 Å². The predicted molar refractivity (Wildman–Crippen MR) is 193 cm³/mol. The third-order valence-corrected chi connectivity index (χ3v) is 9.16. The zero-order chi connectivity index (χ0) is 33.0. The molecule has 48 heavy (non-hydrogen) atoms. The number of phenolic OH excluding ortho intramolecular Hbond substituents is 2. The molecule has 0 spiro atoms. The maximum Gasteiger partial charge on any atom is 0.123 e. The number of imidazole rings is 1. The van der Waals surface area contributed by atoms with Crippen molar-refractivity contribution in [2.24, 2.45) is 0 Å². The molecule has 0 saturated heterocycles. The third-order valence-electron chi connectivity index (χ3n) is 9.16. The molecule has 7 rings (SSSR count). The smallest absolute Gasteiger partial charge is 0.123 e. The van der Waals surface area contributed by atoms with E-state index in [0.29, 0.717) is 40.4 Å². The summed E-state index contributed by atoms with van der Waals surface area (Å²) in [5, 5.41) is 23.6. The molecule has 0 amide bonds. The number of fused-ring (bicyclic) bond motifs is 3. The molecule has 0 aliphatic rings. The van der Waals surface area contributed by atoms with Crippen molar-refractivity contribution in [2.75, 3.05) is 0 Å². The summed E-state index contributed by atoms with van der Waals surface area (Å²) >= 11 is 0. The fourth-order valence-electron chi connectivity index (χ4n) is 6.69. The summed E-state index contributed by atoms with van der Waals surface area (Å²) in [6, 6.07) is 33.7. The van der Waals surface area contributed by atoms with Gasteiger partial charge >= 0.3 is 0 Å². The average molecular weight is 815 g/mol. The molecule has 2 aromatic heterocycles. The Kier molecular flexibility index (Phi) is 9.14. The van der Waals surface area contributed by atoms with E-state index in [1.165, 1.54) is 22.3 Å². The number of hydrogen-bond acceptors (Lipinski definition) is 3. The molecule has 0 unspecified atom stereocenters. The van der Waals surface area contributed by atoms with Crippen molar-refractivity contribution in [3.8, 4) is 51.0 Å². The molecule has 0 atom stereocenters. The van der Waals surface area contributed by atoms with E-state index in [9.17, 15) is 10.2 Å². The van der Waals surface area contributed by atoms with Crippen LogP contribution in [0.25, 0.3) is 61.3 Å². The zero-order valence-corrected chi connectivity index (χ0v) is 30.2. The van der Waals surface area contributed by atoms with Gasteiger partial charge in [0, 0.05) is 39.1 Å². The van der Waals surface area contributed by atoms with Gasteiger partial charge in [0.25, 0.3) is 0 Å². The van der Waals surface area contributed by atoms with Crippen LogP contribution in [0, 0.1) is 6.07 Å². The Morgan fingerprint density at radius 1 is 0.708 bits per heavy atom. The summed E-state index contributed by atoms with van der Waals surface area (Å²) in [6.45, 7) is 13.5. The minimum absolute atomic E-state index is 0. The molecule has 247 valence electrons. The molecule has 1 radical (unpaired) electrons. The van der Waals surface area contributed by atoms with Gasteiger partial charge in [0.1, 0.15) is 5.75 Å². The van der Waals surface area contributed by atoms with Crippen molar-refractivity contribution in [1.29, 1.82) is 0 Å². The summed E-state index contributed by atoms with van der Waals surface area (Å²) in [4.78, 5) is 9.58. The van der Waals surface area contributed by atoms with Gasteiger partial charge in [0.05, 0.1) is 5.75 Å². The average Bonchev–Trinajstić information content (AvgIpc) is 3.68. The molecule has 0 bridgehead atoms. The monoisotopic (exact) mass is 814 g/mol. The molecular weight excluding hydrogens is 775 g/mol. The van der Waals surface area contributed by atoms with Crippen LogP contribution in [0.15, 0.2) is 97.2 Å². The van der Waals surface area contributed by atoms with Crippen molar-refractivity contribution in [3.63, 3.8) is 0 Å². The maximum absolute atomic E-state index is 11.1. The van der Waals surface area contributed by atoms with Gasteiger partial charge in [-0.15, -0.1) is 29.6 Å². The predicted octanol–water partition coefficient (Wildman–Crippen LogP) is 10.7. The van der Waals surface area contributed by atoms with E-state index in [1.54, 1.807) is 18.3 Å². The SMILES string of the molecule is CC(C)c1cc(C(C)C)c(-c2ccc(O)c(-c3cnc(-c4[c-]c5c6c(O)cccc6n(-c6ccccc6)c5cc4)[n-]3)c2)c(C(C)C)c1.[Au]. The first-order chi connectivity index (χ1) is 22.6. The van der Waals surface area contributed by atoms with Crippen LogP contribution in [0.4, 0.5) is 0 Å². The van der Waals surface area contributed by atoms with Gasteiger partial charge in [-0.05, 0) is 98.6 Å². The quantitative estimate of drug-likeness (QED) is 0.124. The first kappa shape index (κ1) is 33.4. The molecular formula is C42H39AuN3O2-2. The van der Waals surface area contributed by atoms with E-state index in [-0.39, 0.29) is 33.9 Å². The molecule has 6 heteroatoms. The molecule has 2 heterocycles. The van der Waals surface area contributed by atoms with Crippen LogP contribution in [-0.2, 0) is 22.4 Å². The summed E-state index contributed by atoms with van der Waals surface area (Å²) < 4.78 is 2.13. The second-order valence-corrected chi connectivity index (χ2v) is 13.3. The van der Waals surface area contributed by atoms with Crippen LogP contribution in [0.2, 0.25) is 0 Å². The van der Waals surface area contributed by atoms with Crippen LogP contribution in [0.5, 0.6) is 11.5 Å². The second kappa shape index (κ2) is 13.2. The van der Waals surface area contributed by atoms with E-state index in [0.717, 1.165) is 33.1 Å². The van der Waals surface area contributed by atoms with Gasteiger partial charge in [-0.2, -0.15) is 0 Å². The number of aromatic hydroxyl groups is 2. The molecule has 2 N–H and O–H groups in total. The minimum atomic E-state index is 0. The Hall–Kier alpha value is -4.55. The number of hydrogen-bond donors (Lipinski definition) is 2. The standard InChI is InChI=1S/C42H39N3O2.Au/c1-24(2)29-21-31(25(3)4)40(32(22-29)26(5)6)27-16-18-38(46)33(19-27)35-23-43-42(44-35)28-15-17-36-34(20-28)41-37(13-10-14-39(41)47)45(36)30-11-8-7-9-12-30;/h7-19,21-26H,1-6H3,(H2-,43,44,46,47);/q-2;. The number of nitrogens with zero attached hydrogens (tertiary/aromatic N) is 3. The van der Waals surface area contributed by atoms with Gasteiger partial charge in [0.2, 0.25) is 0 Å². The normalized spacial score (nSPS) is 11.7. The molecule has 0 saturated carbocycles. The molecule has 0 aliphatic heterocycles. The van der Waals surface area contributed by atoms with Crippen molar-refractivity contribution in [1.82, 2.24) is 14.5 Å². The molecule has 0 fully saturated rings. The number of para-hydroxylation sites is 1. The third kappa shape index (κ3) is 5.77. The van der Waals surface area contributed by atoms with Crippen molar-refractivity contribution in [3.05, 3.63) is 120 Å². The van der Waals surface area contributed by atoms with Gasteiger partial charge in [-0.3, -0.25) is 0 Å². The van der Waals surface area contributed by atoms with E-state index in [4.69, 9.17) is 4.98 Å². The fraction of sp³-hybridized carbons (Fsp3) is 0.214. The zero-order valence-electron chi connectivity index (χ0n) is 28.0. The van der Waals surface area contributed by atoms with E-state index < -0.39 is 0 Å². The molecule has 5 nitrogen and oxygen atoms in total. The molecule has 0 aliphatic carbocycles. The van der Waals surface area contributed by atoms with Crippen LogP contribution in [0.3, 0.4) is 0 Å². The van der Waals surface area contributed by atoms with E-state index in [1.807, 2.05) is 54.6 Å². The largest absolute Gasteiger partial charge is 0.515 e. The fourth-order valence-corrected chi connectivity index (χ4v) is 6.69. The summed E-state index contributed by atoms with van der Waals surface area (Å²) in [5.41, 5.74) is 11.0. The number of benzene rings is 5. The van der Waals surface area contributed by atoms with Crippen molar-refractivity contribution >= 4 is 21.8 Å². The Morgan fingerprint density at radius 2 is 1.42 bits per heavy atom. The number of phenols is 2. The molecule has 5 aromatic carbocycles. The second-order valence-electron chi connectivity index (χ2n) is 13.3. The summed E-state index contributed by atoms with van der Waals surface area (Å²) in [5.74, 6) is 1.97. The first-order valence-electron chi connectivity index (χ1n) is 16.4. The Balaban J connectivity index is 0.00000401. The van der Waals surface area contributed by atoms with Crippen LogP contribution in [0.1, 0.15) is 76.0 Å². The first-order valence-corrected chi connectivity index (χ1v) is 16.4. The van der Waals surface area contributed by atoms with Crippen molar-refractivity contribution < 1.29 is 32.6 Å². The number of rotatable bonds is 7.